The number of nitrogens with zero attached hydrogens (tertiary/aromatic N) is 1. The van der Waals surface area contributed by atoms with Crippen molar-refractivity contribution in [3.63, 3.8) is 0 Å². The van der Waals surface area contributed by atoms with E-state index < -0.39 is 11.9 Å². The van der Waals surface area contributed by atoms with E-state index in [9.17, 15) is 18.8 Å². The van der Waals surface area contributed by atoms with E-state index >= 15 is 0 Å². The van der Waals surface area contributed by atoms with Crippen LogP contribution in [0.15, 0.2) is 12.1 Å². The van der Waals surface area contributed by atoms with Crippen LogP contribution in [0.25, 0.3) is 0 Å². The van der Waals surface area contributed by atoms with E-state index in [0.717, 1.165) is 23.5 Å². The summed E-state index contributed by atoms with van der Waals surface area (Å²) in [7, 11) is 0. The van der Waals surface area contributed by atoms with Gasteiger partial charge in [0.15, 0.2) is 0 Å². The molecule has 0 aromatic heterocycles. The van der Waals surface area contributed by atoms with Crippen LogP contribution in [-0.2, 0) is 16.1 Å². The van der Waals surface area contributed by atoms with Crippen molar-refractivity contribution in [3.8, 4) is 0 Å². The van der Waals surface area contributed by atoms with Crippen molar-refractivity contribution in [3.05, 3.63) is 34.6 Å². The average molecular weight is 356 g/mol. The van der Waals surface area contributed by atoms with Crippen LogP contribution in [0.1, 0.15) is 65.9 Å². The molecule has 6 heteroatoms. The Morgan fingerprint density at radius 1 is 1.08 bits per heavy atom. The predicted octanol–water partition coefficient (Wildman–Crippen LogP) is 2.49. The van der Waals surface area contributed by atoms with Crippen molar-refractivity contribution < 1.29 is 18.8 Å². The minimum atomic E-state index is -0.649. The van der Waals surface area contributed by atoms with Crippen LogP contribution < -0.4 is 5.32 Å². The molecule has 1 N–H and O–H groups in total. The molecule has 1 saturated heterocycles. The van der Waals surface area contributed by atoms with Gasteiger partial charge >= 0.3 is 0 Å². The highest BCUT2D eigenvalue weighted by molar-refractivity contribution is 6.05. The topological polar surface area (TPSA) is 66.5 Å². The van der Waals surface area contributed by atoms with E-state index in [-0.39, 0.29) is 24.1 Å². The van der Waals surface area contributed by atoms with Crippen molar-refractivity contribution in [2.75, 3.05) is 0 Å². The molecule has 1 aromatic rings. The Hall–Kier alpha value is -2.24. The Bertz CT molecular complexity index is 837. The highest BCUT2D eigenvalue weighted by Crippen LogP contribution is 2.54. The Labute approximate surface area is 150 Å². The van der Waals surface area contributed by atoms with Crippen molar-refractivity contribution >= 4 is 17.7 Å². The highest BCUT2D eigenvalue weighted by atomic mass is 19.1. The summed E-state index contributed by atoms with van der Waals surface area (Å²) in [6.07, 6.45) is 5.29. The molecule has 0 spiro atoms. The number of imide groups is 1. The highest BCUT2D eigenvalue weighted by Gasteiger charge is 2.45. The Morgan fingerprint density at radius 2 is 1.92 bits per heavy atom. The quantitative estimate of drug-likeness (QED) is 0.828. The lowest BCUT2D eigenvalue weighted by Crippen LogP contribution is -2.52. The van der Waals surface area contributed by atoms with Gasteiger partial charge in [-0.2, -0.15) is 0 Å². The predicted molar refractivity (Wildman–Crippen MR) is 90.6 cm³/mol. The maximum atomic E-state index is 14.3. The second kappa shape index (κ2) is 5.63. The fourth-order valence-corrected chi connectivity index (χ4v) is 5.61. The zero-order valence-corrected chi connectivity index (χ0v) is 14.5. The number of hydrogen-bond donors (Lipinski definition) is 1. The van der Waals surface area contributed by atoms with E-state index in [1.807, 2.05) is 0 Å². The number of carbonyl (C=O) groups excluding carboxylic acids is 3. The van der Waals surface area contributed by atoms with Gasteiger partial charge in [0.2, 0.25) is 11.8 Å². The standard InChI is InChI=1S/C20H21FN2O3/c21-12-7-14(13-6-10-1-2-11(13)5-10)16-9-23(20(26)15(16)8-12)17-3-4-18(24)22-19(17)25/h7-8,10-11,13,17H,1-6,9H2,(H,22,24,25). The summed E-state index contributed by atoms with van der Waals surface area (Å²) in [5, 5.41) is 2.31. The summed E-state index contributed by atoms with van der Waals surface area (Å²) in [6, 6.07) is 2.26. The molecule has 3 amide bonds. The van der Waals surface area contributed by atoms with Crippen LogP contribution in [0, 0.1) is 17.7 Å². The minimum Gasteiger partial charge on any atom is -0.322 e. The van der Waals surface area contributed by atoms with E-state index in [0.29, 0.717) is 30.4 Å². The summed E-state index contributed by atoms with van der Waals surface area (Å²) >= 11 is 0. The van der Waals surface area contributed by atoms with Gasteiger partial charge in [-0.25, -0.2) is 4.39 Å². The monoisotopic (exact) mass is 356 g/mol. The van der Waals surface area contributed by atoms with Crippen LogP contribution in [0.3, 0.4) is 0 Å². The number of carbonyl (C=O) groups is 3. The van der Waals surface area contributed by atoms with Gasteiger partial charge in [-0.3, -0.25) is 19.7 Å². The number of rotatable bonds is 2. The number of benzene rings is 1. The van der Waals surface area contributed by atoms with Crippen molar-refractivity contribution in [2.45, 2.75) is 57.0 Å². The molecule has 2 aliphatic heterocycles. The number of hydrogen-bond acceptors (Lipinski definition) is 3. The minimum absolute atomic E-state index is 0.226. The Morgan fingerprint density at radius 3 is 2.62 bits per heavy atom. The van der Waals surface area contributed by atoms with Crippen LogP contribution in [0.5, 0.6) is 0 Å². The summed E-state index contributed by atoms with van der Waals surface area (Å²) in [5.41, 5.74) is 2.25. The van der Waals surface area contributed by atoms with Gasteiger partial charge < -0.3 is 4.90 Å². The van der Waals surface area contributed by atoms with Gasteiger partial charge in [-0.15, -0.1) is 0 Å². The lowest BCUT2D eigenvalue weighted by atomic mass is 9.80. The third-order valence-electron chi connectivity index (χ3n) is 6.79. The number of piperidine rings is 1. The largest absolute Gasteiger partial charge is 0.322 e. The van der Waals surface area contributed by atoms with Crippen molar-refractivity contribution in [1.29, 1.82) is 0 Å². The first-order valence-corrected chi connectivity index (χ1v) is 9.48. The van der Waals surface area contributed by atoms with E-state index in [4.69, 9.17) is 0 Å². The molecule has 0 radical (unpaired) electrons. The molecule has 2 bridgehead atoms. The van der Waals surface area contributed by atoms with Gasteiger partial charge in [-0.1, -0.05) is 6.42 Å². The lowest BCUT2D eigenvalue weighted by Gasteiger charge is -2.29. The average Bonchev–Trinajstić information content (AvgIpc) is 3.30. The smallest absolute Gasteiger partial charge is 0.255 e. The molecular weight excluding hydrogens is 335 g/mol. The molecule has 26 heavy (non-hydrogen) atoms. The molecule has 5 rings (SSSR count). The molecule has 4 aliphatic rings. The summed E-state index contributed by atoms with van der Waals surface area (Å²) in [6.45, 7) is 0.337. The number of fused-ring (bicyclic) bond motifs is 3. The van der Waals surface area contributed by atoms with E-state index in [2.05, 4.69) is 5.32 Å². The zero-order chi connectivity index (χ0) is 18.0. The third kappa shape index (κ3) is 2.31. The maximum absolute atomic E-state index is 14.3. The lowest BCUT2D eigenvalue weighted by molar-refractivity contribution is -0.136. The molecule has 1 aromatic carbocycles. The normalized spacial score (nSPS) is 33.0. The first-order valence-electron chi connectivity index (χ1n) is 9.48. The second-order valence-electron chi connectivity index (χ2n) is 8.20. The fraction of sp³-hybridized carbons (Fsp3) is 0.550. The zero-order valence-electron chi connectivity index (χ0n) is 14.5. The second-order valence-corrected chi connectivity index (χ2v) is 8.20. The van der Waals surface area contributed by atoms with E-state index in [1.165, 1.54) is 30.2 Å². The van der Waals surface area contributed by atoms with Gasteiger partial charge in [0.1, 0.15) is 11.9 Å². The molecule has 2 aliphatic carbocycles. The van der Waals surface area contributed by atoms with Gasteiger partial charge in [0.25, 0.3) is 5.91 Å². The van der Waals surface area contributed by atoms with Crippen LogP contribution in [0.4, 0.5) is 4.39 Å². The number of nitrogens with one attached hydrogen (secondary N) is 1. The Balaban J connectivity index is 1.49. The molecule has 3 fully saturated rings. The molecular formula is C20H21FN2O3. The summed E-state index contributed by atoms with van der Waals surface area (Å²) in [4.78, 5) is 38.0. The SMILES string of the molecule is O=C1CCC(N2Cc3c(cc(F)cc3C3CC4CCC3C4)C2=O)C(=O)N1. The van der Waals surface area contributed by atoms with Gasteiger partial charge in [-0.05, 0) is 66.7 Å². The summed E-state index contributed by atoms with van der Waals surface area (Å²) < 4.78 is 14.3. The Kier molecular flexibility index (Phi) is 3.46. The summed E-state index contributed by atoms with van der Waals surface area (Å²) in [5.74, 6) is 0.248. The van der Waals surface area contributed by atoms with Crippen LogP contribution in [0.2, 0.25) is 0 Å². The van der Waals surface area contributed by atoms with E-state index in [1.54, 1.807) is 6.07 Å². The maximum Gasteiger partial charge on any atom is 0.255 e. The molecule has 4 unspecified atom stereocenters. The van der Waals surface area contributed by atoms with Gasteiger partial charge in [0.05, 0.1) is 0 Å². The molecule has 5 nitrogen and oxygen atoms in total. The third-order valence-corrected chi connectivity index (χ3v) is 6.79. The molecule has 136 valence electrons. The molecule has 2 heterocycles. The first-order chi connectivity index (χ1) is 12.5. The van der Waals surface area contributed by atoms with Crippen molar-refractivity contribution in [2.24, 2.45) is 11.8 Å². The van der Waals surface area contributed by atoms with Crippen LogP contribution >= 0.6 is 0 Å². The van der Waals surface area contributed by atoms with Gasteiger partial charge in [0, 0.05) is 18.5 Å². The molecule has 2 saturated carbocycles. The van der Waals surface area contributed by atoms with Crippen LogP contribution in [-0.4, -0.2) is 28.7 Å². The number of amides is 3. The van der Waals surface area contributed by atoms with Crippen molar-refractivity contribution in [1.82, 2.24) is 10.2 Å². The number of halogens is 1. The first kappa shape index (κ1) is 16.0. The molecule has 4 atom stereocenters. The fourth-order valence-electron chi connectivity index (χ4n) is 5.61.